The molecule has 0 unspecified atom stereocenters. The van der Waals surface area contributed by atoms with Gasteiger partial charge in [0.2, 0.25) is 0 Å². The highest BCUT2D eigenvalue weighted by molar-refractivity contribution is 5.82. The number of carbonyl (C=O) groups excluding carboxylic acids is 1. The molecule has 0 bridgehead atoms. The Morgan fingerprint density at radius 2 is 2.25 bits per heavy atom. The summed E-state index contributed by atoms with van der Waals surface area (Å²) >= 11 is 0. The minimum absolute atomic E-state index is 0.0914. The van der Waals surface area contributed by atoms with E-state index >= 15 is 0 Å². The van der Waals surface area contributed by atoms with Gasteiger partial charge < -0.3 is 10.1 Å². The van der Waals surface area contributed by atoms with Crippen LogP contribution in [0.2, 0.25) is 0 Å². The van der Waals surface area contributed by atoms with Crippen LogP contribution in [0.3, 0.4) is 0 Å². The lowest BCUT2D eigenvalue weighted by molar-refractivity contribution is -0.157. The van der Waals surface area contributed by atoms with Crippen molar-refractivity contribution in [3.8, 4) is 0 Å². The highest BCUT2D eigenvalue weighted by atomic mass is 16.5. The van der Waals surface area contributed by atoms with Crippen LogP contribution in [0.5, 0.6) is 0 Å². The summed E-state index contributed by atoms with van der Waals surface area (Å²) in [7, 11) is 0. The first-order chi connectivity index (χ1) is 5.63. The van der Waals surface area contributed by atoms with Gasteiger partial charge in [-0.05, 0) is 25.8 Å². The molecule has 0 amide bonds. The zero-order valence-electron chi connectivity index (χ0n) is 8.02. The summed E-state index contributed by atoms with van der Waals surface area (Å²) in [6.45, 7) is 7.32. The van der Waals surface area contributed by atoms with E-state index in [1.54, 1.807) is 0 Å². The molecule has 1 fully saturated rings. The summed E-state index contributed by atoms with van der Waals surface area (Å²) in [5.41, 5.74) is -0.379. The van der Waals surface area contributed by atoms with Crippen LogP contribution >= 0.6 is 0 Å². The molecular weight excluding hydrogens is 154 g/mol. The van der Waals surface area contributed by atoms with Gasteiger partial charge in [-0.25, -0.2) is 0 Å². The second-order valence-electron chi connectivity index (χ2n) is 3.52. The van der Waals surface area contributed by atoms with Crippen molar-refractivity contribution in [3.05, 3.63) is 0 Å². The summed E-state index contributed by atoms with van der Waals surface area (Å²) in [5.74, 6) is 0.219. The van der Waals surface area contributed by atoms with Crippen molar-refractivity contribution >= 4 is 5.97 Å². The van der Waals surface area contributed by atoms with Crippen LogP contribution in [0.15, 0.2) is 0 Å². The Hall–Kier alpha value is -0.570. The van der Waals surface area contributed by atoms with Crippen LogP contribution in [0.1, 0.15) is 27.2 Å². The fraction of sp³-hybridized carbons (Fsp3) is 0.889. The first-order valence-electron chi connectivity index (χ1n) is 4.55. The molecule has 1 aliphatic rings. The van der Waals surface area contributed by atoms with E-state index in [0.717, 1.165) is 13.0 Å². The zero-order chi connectivity index (χ0) is 9.19. The third kappa shape index (κ3) is 1.33. The van der Waals surface area contributed by atoms with Gasteiger partial charge in [-0.1, -0.05) is 13.8 Å². The minimum Gasteiger partial charge on any atom is -0.465 e. The smallest absolute Gasteiger partial charge is 0.326 e. The predicted molar refractivity (Wildman–Crippen MR) is 46.8 cm³/mol. The second kappa shape index (κ2) is 3.44. The summed E-state index contributed by atoms with van der Waals surface area (Å²) in [6, 6.07) is 0. The van der Waals surface area contributed by atoms with Gasteiger partial charge in [0.05, 0.1) is 6.61 Å². The van der Waals surface area contributed by atoms with E-state index in [1.807, 2.05) is 20.8 Å². The standard InChI is InChI=1S/C9H17NO2/c1-4-12-8(11)9(7(2)3)5-6-10-9/h7,10H,4-6H2,1-3H3/t9-/m1/s1. The van der Waals surface area contributed by atoms with Gasteiger partial charge in [-0.15, -0.1) is 0 Å². The maximum absolute atomic E-state index is 11.5. The number of ether oxygens (including phenoxy) is 1. The molecule has 1 N–H and O–H groups in total. The van der Waals surface area contributed by atoms with Crippen molar-refractivity contribution < 1.29 is 9.53 Å². The molecule has 0 aromatic carbocycles. The number of carbonyl (C=O) groups is 1. The average Bonchev–Trinajstić information content (AvgIpc) is 1.83. The first-order valence-corrected chi connectivity index (χ1v) is 4.55. The molecule has 1 aliphatic heterocycles. The lowest BCUT2D eigenvalue weighted by atomic mass is 9.78. The summed E-state index contributed by atoms with van der Waals surface area (Å²) < 4.78 is 5.01. The SMILES string of the molecule is CCOC(=O)[C@]1(C(C)C)CCN1. The van der Waals surface area contributed by atoms with Crippen LogP contribution in [-0.4, -0.2) is 24.7 Å². The van der Waals surface area contributed by atoms with E-state index in [-0.39, 0.29) is 11.5 Å². The van der Waals surface area contributed by atoms with Gasteiger partial charge in [0.15, 0.2) is 0 Å². The number of rotatable bonds is 3. The van der Waals surface area contributed by atoms with E-state index in [2.05, 4.69) is 5.32 Å². The van der Waals surface area contributed by atoms with Gasteiger partial charge in [-0.2, -0.15) is 0 Å². The van der Waals surface area contributed by atoms with E-state index in [9.17, 15) is 4.79 Å². The molecular formula is C9H17NO2. The lowest BCUT2D eigenvalue weighted by Crippen LogP contribution is -2.66. The highest BCUT2D eigenvalue weighted by Crippen LogP contribution is 2.28. The molecule has 0 radical (unpaired) electrons. The number of hydrogen-bond donors (Lipinski definition) is 1. The predicted octanol–water partition coefficient (Wildman–Crippen LogP) is 0.938. The zero-order valence-corrected chi connectivity index (χ0v) is 8.02. The molecule has 0 aliphatic carbocycles. The second-order valence-corrected chi connectivity index (χ2v) is 3.52. The molecule has 1 rings (SSSR count). The number of hydrogen-bond acceptors (Lipinski definition) is 3. The minimum atomic E-state index is -0.379. The molecule has 3 nitrogen and oxygen atoms in total. The Labute approximate surface area is 73.5 Å². The maximum Gasteiger partial charge on any atom is 0.326 e. The average molecular weight is 171 g/mol. The topological polar surface area (TPSA) is 38.3 Å². The Balaban J connectivity index is 2.60. The number of nitrogens with one attached hydrogen (secondary N) is 1. The van der Waals surface area contributed by atoms with Gasteiger partial charge in [0, 0.05) is 0 Å². The van der Waals surface area contributed by atoms with Crippen molar-refractivity contribution in [2.24, 2.45) is 5.92 Å². The molecule has 0 aromatic heterocycles. The van der Waals surface area contributed by atoms with Crippen molar-refractivity contribution in [3.63, 3.8) is 0 Å². The van der Waals surface area contributed by atoms with Crippen molar-refractivity contribution in [1.82, 2.24) is 5.32 Å². The van der Waals surface area contributed by atoms with Gasteiger partial charge in [0.25, 0.3) is 0 Å². The Morgan fingerprint density at radius 3 is 2.50 bits per heavy atom. The van der Waals surface area contributed by atoms with Crippen LogP contribution < -0.4 is 5.32 Å². The van der Waals surface area contributed by atoms with Gasteiger partial charge in [0.1, 0.15) is 5.54 Å². The fourth-order valence-corrected chi connectivity index (χ4v) is 1.56. The van der Waals surface area contributed by atoms with Gasteiger partial charge >= 0.3 is 5.97 Å². The van der Waals surface area contributed by atoms with Crippen LogP contribution in [0, 0.1) is 5.92 Å². The maximum atomic E-state index is 11.5. The van der Waals surface area contributed by atoms with E-state index in [4.69, 9.17) is 4.74 Å². The molecule has 0 aromatic rings. The third-order valence-electron chi connectivity index (χ3n) is 2.59. The monoisotopic (exact) mass is 171 g/mol. The van der Waals surface area contributed by atoms with Crippen molar-refractivity contribution in [2.75, 3.05) is 13.2 Å². The molecule has 1 saturated heterocycles. The summed E-state index contributed by atoms with van der Waals surface area (Å²) in [4.78, 5) is 11.5. The molecule has 12 heavy (non-hydrogen) atoms. The molecule has 1 heterocycles. The number of esters is 1. The molecule has 1 atom stereocenters. The molecule has 70 valence electrons. The Bertz CT molecular complexity index is 173. The molecule has 0 saturated carbocycles. The van der Waals surface area contributed by atoms with Crippen molar-refractivity contribution in [2.45, 2.75) is 32.7 Å². The highest BCUT2D eigenvalue weighted by Gasteiger charge is 2.47. The van der Waals surface area contributed by atoms with E-state index < -0.39 is 0 Å². The Kier molecular flexibility index (Phi) is 2.73. The van der Waals surface area contributed by atoms with E-state index in [0.29, 0.717) is 12.5 Å². The van der Waals surface area contributed by atoms with Gasteiger partial charge in [-0.3, -0.25) is 4.79 Å². The van der Waals surface area contributed by atoms with Crippen LogP contribution in [0.25, 0.3) is 0 Å². The van der Waals surface area contributed by atoms with E-state index in [1.165, 1.54) is 0 Å². The summed E-state index contributed by atoms with van der Waals surface area (Å²) in [5, 5.41) is 3.17. The van der Waals surface area contributed by atoms with Crippen LogP contribution in [0.4, 0.5) is 0 Å². The first kappa shape index (κ1) is 9.52. The van der Waals surface area contributed by atoms with Crippen LogP contribution in [-0.2, 0) is 9.53 Å². The fourth-order valence-electron chi connectivity index (χ4n) is 1.56. The quantitative estimate of drug-likeness (QED) is 0.642. The van der Waals surface area contributed by atoms with Crippen molar-refractivity contribution in [1.29, 1.82) is 0 Å². The molecule has 0 spiro atoms. The summed E-state index contributed by atoms with van der Waals surface area (Å²) in [6.07, 6.45) is 0.906. The Morgan fingerprint density at radius 1 is 1.67 bits per heavy atom. The largest absolute Gasteiger partial charge is 0.465 e. The normalized spacial score (nSPS) is 28.3. The molecule has 3 heteroatoms. The lowest BCUT2D eigenvalue weighted by Gasteiger charge is -2.43. The third-order valence-corrected chi connectivity index (χ3v) is 2.59.